The molecule has 2 aromatic rings. The van der Waals surface area contributed by atoms with Crippen LogP contribution < -0.4 is 0 Å². The molecule has 0 saturated carbocycles. The maximum absolute atomic E-state index is 4.38. The van der Waals surface area contributed by atoms with Crippen molar-refractivity contribution in [2.24, 2.45) is 0 Å². The lowest BCUT2D eigenvalue weighted by Gasteiger charge is -2.42. The molecule has 4 heterocycles. The summed E-state index contributed by atoms with van der Waals surface area (Å²) in [5, 5.41) is 0. The van der Waals surface area contributed by atoms with Crippen molar-refractivity contribution in [3.8, 4) is 0 Å². The SMILES string of the molecule is C[N+]1(CC[N+]2(C)CCC[C@@H]2c2cccnc2)CCC[C@@H]1c1cccnc1. The van der Waals surface area contributed by atoms with E-state index in [-0.39, 0.29) is 0 Å². The number of likely N-dealkylation sites (N-methyl/N-ethyl adjacent to an activating group) is 2. The molecule has 2 fully saturated rings. The van der Waals surface area contributed by atoms with Gasteiger partial charge in [-0.1, -0.05) is 12.1 Å². The Morgan fingerprint density at radius 1 is 0.808 bits per heavy atom. The number of likely N-dealkylation sites (tertiary alicyclic amines) is 2. The van der Waals surface area contributed by atoms with Gasteiger partial charge in [0, 0.05) is 61.6 Å². The summed E-state index contributed by atoms with van der Waals surface area (Å²) in [6.45, 7) is 5.06. The average Bonchev–Trinajstić information content (AvgIpc) is 3.25. The third-order valence-electron chi connectivity index (χ3n) is 7.06. The van der Waals surface area contributed by atoms with Crippen LogP contribution in [0.5, 0.6) is 0 Å². The first-order chi connectivity index (χ1) is 12.6. The molecule has 2 aliphatic heterocycles. The van der Waals surface area contributed by atoms with E-state index in [9.17, 15) is 0 Å². The van der Waals surface area contributed by atoms with Crippen LogP contribution in [0.2, 0.25) is 0 Å². The molecule has 2 aliphatic rings. The first-order valence-electron chi connectivity index (χ1n) is 10.1. The summed E-state index contributed by atoms with van der Waals surface area (Å²) in [5.41, 5.74) is 2.83. The largest absolute Gasteiger partial charge is 0.315 e. The van der Waals surface area contributed by atoms with Gasteiger partial charge in [-0.3, -0.25) is 9.97 Å². The van der Waals surface area contributed by atoms with Gasteiger partial charge in [0.2, 0.25) is 0 Å². The monoisotopic (exact) mass is 352 g/mol. The fourth-order valence-electron chi connectivity index (χ4n) is 5.42. The Hall–Kier alpha value is -1.78. The van der Waals surface area contributed by atoms with Crippen LogP contribution in [0.4, 0.5) is 0 Å². The summed E-state index contributed by atoms with van der Waals surface area (Å²) in [7, 11) is 4.93. The number of hydrogen-bond donors (Lipinski definition) is 0. The second-order valence-electron chi connectivity index (χ2n) is 8.74. The van der Waals surface area contributed by atoms with Crippen molar-refractivity contribution in [1.82, 2.24) is 9.97 Å². The zero-order valence-corrected chi connectivity index (χ0v) is 16.2. The zero-order valence-electron chi connectivity index (χ0n) is 16.2. The summed E-state index contributed by atoms with van der Waals surface area (Å²) in [5.74, 6) is 0. The quantitative estimate of drug-likeness (QED) is 0.766. The summed E-state index contributed by atoms with van der Waals surface area (Å²) >= 11 is 0. The van der Waals surface area contributed by atoms with Gasteiger partial charge in [-0.25, -0.2) is 0 Å². The van der Waals surface area contributed by atoms with Crippen LogP contribution >= 0.6 is 0 Å². The van der Waals surface area contributed by atoms with Crippen LogP contribution in [0.25, 0.3) is 0 Å². The predicted molar refractivity (Wildman–Crippen MR) is 104 cm³/mol. The first kappa shape index (κ1) is 17.6. The van der Waals surface area contributed by atoms with Crippen molar-refractivity contribution in [2.45, 2.75) is 37.8 Å². The van der Waals surface area contributed by atoms with Crippen molar-refractivity contribution in [3.63, 3.8) is 0 Å². The minimum Gasteiger partial charge on any atom is -0.315 e. The normalized spacial score (nSPS) is 34.2. The number of pyridine rings is 2. The molecule has 4 heteroatoms. The third kappa shape index (κ3) is 3.28. The van der Waals surface area contributed by atoms with Gasteiger partial charge < -0.3 is 8.97 Å². The molecule has 0 N–H and O–H groups in total. The van der Waals surface area contributed by atoms with Crippen LogP contribution in [0.3, 0.4) is 0 Å². The fourth-order valence-corrected chi connectivity index (χ4v) is 5.42. The Kier molecular flexibility index (Phi) is 4.80. The maximum atomic E-state index is 4.38. The molecule has 2 saturated heterocycles. The topological polar surface area (TPSA) is 25.8 Å². The third-order valence-corrected chi connectivity index (χ3v) is 7.06. The summed E-state index contributed by atoms with van der Waals surface area (Å²) in [4.78, 5) is 8.75. The Labute approximate surface area is 157 Å². The Bertz CT molecular complexity index is 656. The molecule has 2 aromatic heterocycles. The number of aromatic nitrogens is 2. The first-order valence-corrected chi connectivity index (χ1v) is 10.1. The van der Waals surface area contributed by atoms with Gasteiger partial charge in [-0.05, 0) is 12.1 Å². The molecule has 0 aliphatic carbocycles. The maximum Gasteiger partial charge on any atom is 0.129 e. The second-order valence-corrected chi connectivity index (χ2v) is 8.74. The standard InChI is InChI=1S/C22H32N4/c1-25(13-5-9-21(25)19-7-3-11-23-17-19)15-16-26(2)14-6-10-22(26)20-8-4-12-24-18-20/h3-4,7-8,11-12,17-18,21-22H,5-6,9-10,13-16H2,1-2H3/q+2/t21-,22-,25?,26?/m1/s1. The molecular formula is C22H32N4+2. The van der Waals surface area contributed by atoms with Crippen LogP contribution in [-0.4, -0.2) is 59.2 Å². The number of nitrogens with zero attached hydrogens (tertiary/aromatic N) is 4. The lowest BCUT2D eigenvalue weighted by atomic mass is 10.0. The van der Waals surface area contributed by atoms with Crippen LogP contribution in [0, 0.1) is 0 Å². The lowest BCUT2D eigenvalue weighted by molar-refractivity contribution is -0.980. The van der Waals surface area contributed by atoms with Crippen molar-refractivity contribution in [1.29, 1.82) is 0 Å². The van der Waals surface area contributed by atoms with Gasteiger partial charge in [0.05, 0.1) is 27.2 Å². The molecule has 4 atom stereocenters. The molecule has 0 amide bonds. The van der Waals surface area contributed by atoms with E-state index in [4.69, 9.17) is 0 Å². The van der Waals surface area contributed by atoms with Crippen LogP contribution in [-0.2, 0) is 0 Å². The highest BCUT2D eigenvalue weighted by Crippen LogP contribution is 2.40. The number of quaternary nitrogens is 2. The van der Waals surface area contributed by atoms with Crippen molar-refractivity contribution in [2.75, 3.05) is 40.3 Å². The molecule has 4 nitrogen and oxygen atoms in total. The summed E-state index contributed by atoms with van der Waals surface area (Å²) < 4.78 is 2.33. The highest BCUT2D eigenvalue weighted by Gasteiger charge is 2.44. The fraction of sp³-hybridized carbons (Fsp3) is 0.545. The Morgan fingerprint density at radius 2 is 1.27 bits per heavy atom. The summed E-state index contributed by atoms with van der Waals surface area (Å²) in [6, 6.07) is 9.92. The smallest absolute Gasteiger partial charge is 0.129 e. The molecule has 4 rings (SSSR count). The number of hydrogen-bond acceptors (Lipinski definition) is 2. The molecule has 2 unspecified atom stereocenters. The highest BCUT2D eigenvalue weighted by molar-refractivity contribution is 5.14. The molecule has 138 valence electrons. The van der Waals surface area contributed by atoms with Gasteiger partial charge >= 0.3 is 0 Å². The molecule has 0 bridgehead atoms. The van der Waals surface area contributed by atoms with E-state index in [1.807, 2.05) is 12.4 Å². The van der Waals surface area contributed by atoms with Crippen molar-refractivity contribution >= 4 is 0 Å². The van der Waals surface area contributed by atoms with Gasteiger partial charge in [0.15, 0.2) is 0 Å². The minimum absolute atomic E-state index is 0.606. The van der Waals surface area contributed by atoms with Crippen molar-refractivity contribution in [3.05, 3.63) is 60.2 Å². The minimum atomic E-state index is 0.606. The second kappa shape index (κ2) is 7.09. The van der Waals surface area contributed by atoms with E-state index in [0.717, 1.165) is 0 Å². The zero-order chi connectivity index (χ0) is 18.0. The predicted octanol–water partition coefficient (Wildman–Crippen LogP) is 3.74. The van der Waals surface area contributed by atoms with Gasteiger partial charge in [-0.15, -0.1) is 0 Å². The van der Waals surface area contributed by atoms with E-state index >= 15 is 0 Å². The van der Waals surface area contributed by atoms with E-state index in [1.54, 1.807) is 0 Å². The molecule has 26 heavy (non-hydrogen) atoms. The van der Waals surface area contributed by atoms with E-state index in [1.165, 1.54) is 72.0 Å². The molecule has 0 radical (unpaired) electrons. The van der Waals surface area contributed by atoms with Crippen LogP contribution in [0.15, 0.2) is 49.1 Å². The lowest BCUT2D eigenvalue weighted by Crippen LogP contribution is -2.53. The molecule has 0 spiro atoms. The van der Waals surface area contributed by atoms with E-state index in [2.05, 4.69) is 60.7 Å². The summed E-state index contributed by atoms with van der Waals surface area (Å²) in [6.07, 6.45) is 13.2. The van der Waals surface area contributed by atoms with Crippen molar-refractivity contribution < 1.29 is 8.97 Å². The average molecular weight is 353 g/mol. The van der Waals surface area contributed by atoms with Gasteiger partial charge in [0.1, 0.15) is 25.2 Å². The molecular weight excluding hydrogens is 320 g/mol. The highest BCUT2D eigenvalue weighted by atomic mass is 15.4. The van der Waals surface area contributed by atoms with Gasteiger partial charge in [0.25, 0.3) is 0 Å². The van der Waals surface area contributed by atoms with E-state index < -0.39 is 0 Å². The van der Waals surface area contributed by atoms with Gasteiger partial charge in [-0.2, -0.15) is 0 Å². The van der Waals surface area contributed by atoms with E-state index in [0.29, 0.717) is 12.1 Å². The number of rotatable bonds is 5. The molecule has 0 aromatic carbocycles. The Balaban J connectivity index is 1.50. The Morgan fingerprint density at radius 3 is 1.65 bits per heavy atom. The van der Waals surface area contributed by atoms with Crippen LogP contribution in [0.1, 0.15) is 48.9 Å².